The summed E-state index contributed by atoms with van der Waals surface area (Å²) < 4.78 is 5.95. The van der Waals surface area contributed by atoms with Gasteiger partial charge in [0.1, 0.15) is 5.82 Å². The van der Waals surface area contributed by atoms with Crippen LogP contribution in [0.1, 0.15) is 25.7 Å². The maximum atomic E-state index is 12.9. The molecule has 0 radical (unpaired) electrons. The van der Waals surface area contributed by atoms with E-state index in [0.717, 1.165) is 64.2 Å². The molecule has 1 aromatic carbocycles. The number of carbonyl (C=O) groups is 2. The Bertz CT molecular complexity index is 1030. The monoisotopic (exact) mass is 450 g/mol. The summed E-state index contributed by atoms with van der Waals surface area (Å²) in [6, 6.07) is 8.46. The van der Waals surface area contributed by atoms with Gasteiger partial charge in [-0.2, -0.15) is 4.37 Å². The topological polar surface area (TPSA) is 56.8 Å². The second-order valence-corrected chi connectivity index (χ2v) is 10.5. The summed E-state index contributed by atoms with van der Waals surface area (Å²) in [5, 5.41) is 1.26. The first-order valence-electron chi connectivity index (χ1n) is 12.1. The van der Waals surface area contributed by atoms with Crippen LogP contribution in [0, 0.1) is 23.7 Å². The molecule has 1 saturated carbocycles. The Labute approximate surface area is 193 Å². The van der Waals surface area contributed by atoms with E-state index in [2.05, 4.69) is 46.2 Å². The van der Waals surface area contributed by atoms with E-state index in [1.807, 2.05) is 0 Å². The van der Waals surface area contributed by atoms with Crippen LogP contribution in [0.5, 0.6) is 0 Å². The Kier molecular flexibility index (Phi) is 5.26. The van der Waals surface area contributed by atoms with Gasteiger partial charge in [0.05, 0.1) is 16.5 Å². The first-order valence-corrected chi connectivity index (χ1v) is 12.8. The average Bonchev–Trinajstić information content (AvgIpc) is 3.39. The average molecular weight is 451 g/mol. The van der Waals surface area contributed by atoms with E-state index in [1.54, 1.807) is 16.4 Å². The maximum absolute atomic E-state index is 12.9. The number of anilines is 1. The molecule has 2 amide bonds. The van der Waals surface area contributed by atoms with Crippen LogP contribution in [0.15, 0.2) is 36.4 Å². The predicted octanol–water partition coefficient (Wildman–Crippen LogP) is 3.40. The summed E-state index contributed by atoms with van der Waals surface area (Å²) >= 11 is 1.58. The van der Waals surface area contributed by atoms with Crippen molar-refractivity contribution in [2.45, 2.75) is 25.7 Å². The number of likely N-dealkylation sites (tertiary alicyclic amines) is 1. The molecule has 3 aliphatic carbocycles. The number of aromatic nitrogens is 1. The fraction of sp³-hybridized carbons (Fsp3) is 0.560. The summed E-state index contributed by atoms with van der Waals surface area (Å²) in [5.74, 6) is 1.77. The highest BCUT2D eigenvalue weighted by Crippen LogP contribution is 2.49. The summed E-state index contributed by atoms with van der Waals surface area (Å²) in [6.45, 7) is 5.68. The lowest BCUT2D eigenvalue weighted by atomic mass is 9.63. The van der Waals surface area contributed by atoms with Gasteiger partial charge in [0.25, 0.3) is 0 Å². The highest BCUT2D eigenvalue weighted by atomic mass is 32.1. The predicted molar refractivity (Wildman–Crippen MR) is 127 cm³/mol. The zero-order valence-electron chi connectivity index (χ0n) is 18.4. The van der Waals surface area contributed by atoms with Gasteiger partial charge in [-0.25, -0.2) is 0 Å². The SMILES string of the molecule is O=C1[C@@H]2[C@H](C(=O)N1CCCCN1CCN(c3nsc4ccccc34)CC1)[C@@H]1C=C[C@H]2CC1. The molecule has 3 heterocycles. The highest BCUT2D eigenvalue weighted by molar-refractivity contribution is 7.13. The summed E-state index contributed by atoms with van der Waals surface area (Å²) in [5.41, 5.74) is 0. The van der Waals surface area contributed by atoms with Crippen LogP contribution in [0.25, 0.3) is 10.1 Å². The zero-order chi connectivity index (χ0) is 21.7. The largest absolute Gasteiger partial charge is 0.353 e. The molecule has 2 aromatic rings. The Morgan fingerprint density at radius 3 is 2.22 bits per heavy atom. The number of imide groups is 1. The van der Waals surface area contributed by atoms with Crippen molar-refractivity contribution in [1.82, 2.24) is 14.2 Å². The van der Waals surface area contributed by atoms with Gasteiger partial charge < -0.3 is 4.90 Å². The molecule has 2 aliphatic heterocycles. The van der Waals surface area contributed by atoms with E-state index in [4.69, 9.17) is 4.37 Å². The Balaban J connectivity index is 0.975. The lowest BCUT2D eigenvalue weighted by molar-refractivity contribution is -0.140. The molecule has 6 nitrogen and oxygen atoms in total. The van der Waals surface area contributed by atoms with Crippen molar-refractivity contribution in [3.05, 3.63) is 36.4 Å². The molecule has 0 N–H and O–H groups in total. The van der Waals surface area contributed by atoms with Crippen LogP contribution in [-0.4, -0.2) is 65.3 Å². The van der Waals surface area contributed by atoms with Gasteiger partial charge in [0, 0.05) is 38.1 Å². The molecule has 0 spiro atoms. The molecule has 168 valence electrons. The number of nitrogens with zero attached hydrogens (tertiary/aromatic N) is 4. The second kappa shape index (κ2) is 8.27. The normalized spacial score (nSPS) is 30.0. The van der Waals surface area contributed by atoms with Crippen LogP contribution in [0.4, 0.5) is 5.82 Å². The van der Waals surface area contributed by atoms with E-state index in [9.17, 15) is 9.59 Å². The van der Waals surface area contributed by atoms with Crippen molar-refractivity contribution >= 4 is 39.3 Å². The van der Waals surface area contributed by atoms with Crippen LogP contribution in [0.3, 0.4) is 0 Å². The lowest BCUT2D eigenvalue weighted by Crippen LogP contribution is -2.46. The van der Waals surface area contributed by atoms with Gasteiger partial charge in [-0.05, 0) is 67.7 Å². The van der Waals surface area contributed by atoms with Crippen molar-refractivity contribution in [3.63, 3.8) is 0 Å². The van der Waals surface area contributed by atoms with Crippen molar-refractivity contribution < 1.29 is 9.59 Å². The third-order valence-corrected chi connectivity index (χ3v) is 8.80. The third kappa shape index (κ3) is 3.37. The van der Waals surface area contributed by atoms with Crippen molar-refractivity contribution in [1.29, 1.82) is 0 Å². The van der Waals surface area contributed by atoms with Gasteiger partial charge in [-0.1, -0.05) is 24.3 Å². The number of amides is 2. The van der Waals surface area contributed by atoms with E-state index in [0.29, 0.717) is 6.54 Å². The molecule has 3 fully saturated rings. The van der Waals surface area contributed by atoms with Crippen LogP contribution < -0.4 is 4.90 Å². The number of fused-ring (bicyclic) bond motifs is 2. The second-order valence-electron chi connectivity index (χ2n) is 9.71. The fourth-order valence-electron chi connectivity index (χ4n) is 6.25. The first-order chi connectivity index (χ1) is 15.7. The molecule has 7 rings (SSSR count). The molecule has 7 heteroatoms. The molecule has 0 unspecified atom stereocenters. The number of carbonyl (C=O) groups excluding carboxylic acids is 2. The van der Waals surface area contributed by atoms with Gasteiger partial charge in [-0.3, -0.25) is 19.4 Å². The minimum atomic E-state index is -0.0684. The number of hydrogen-bond donors (Lipinski definition) is 0. The van der Waals surface area contributed by atoms with E-state index < -0.39 is 0 Å². The van der Waals surface area contributed by atoms with E-state index in [1.165, 1.54) is 10.1 Å². The molecule has 4 atom stereocenters. The van der Waals surface area contributed by atoms with Gasteiger partial charge in [-0.15, -0.1) is 0 Å². The van der Waals surface area contributed by atoms with Crippen molar-refractivity contribution in [3.8, 4) is 0 Å². The highest BCUT2D eigenvalue weighted by Gasteiger charge is 2.56. The van der Waals surface area contributed by atoms with Crippen LogP contribution in [0.2, 0.25) is 0 Å². The first kappa shape index (κ1) is 20.4. The van der Waals surface area contributed by atoms with Gasteiger partial charge in [0.2, 0.25) is 11.8 Å². The zero-order valence-corrected chi connectivity index (χ0v) is 19.2. The molecule has 32 heavy (non-hydrogen) atoms. The van der Waals surface area contributed by atoms with Crippen molar-refractivity contribution in [2.75, 3.05) is 44.2 Å². The van der Waals surface area contributed by atoms with Crippen LogP contribution >= 0.6 is 11.5 Å². The van der Waals surface area contributed by atoms with E-state index >= 15 is 0 Å². The maximum Gasteiger partial charge on any atom is 0.233 e. The standard InChI is InChI=1S/C25H30N4O2S/c30-24-21-17-7-8-18(10-9-17)22(21)25(31)29(24)12-4-3-11-27-13-15-28(16-14-27)23-19-5-1-2-6-20(19)32-26-23/h1-2,5-8,17-18,21-22H,3-4,9-16H2/t17-,18+,21-,22+. The van der Waals surface area contributed by atoms with Crippen LogP contribution in [-0.2, 0) is 9.59 Å². The minimum Gasteiger partial charge on any atom is -0.353 e. The molecule has 2 saturated heterocycles. The lowest BCUT2D eigenvalue weighted by Gasteiger charge is -2.38. The summed E-state index contributed by atoms with van der Waals surface area (Å²) in [6.07, 6.45) is 8.44. The smallest absolute Gasteiger partial charge is 0.233 e. The number of piperazine rings is 1. The molecule has 2 bridgehead atoms. The number of benzene rings is 1. The number of rotatable bonds is 6. The molecule has 5 aliphatic rings. The van der Waals surface area contributed by atoms with Gasteiger partial charge >= 0.3 is 0 Å². The van der Waals surface area contributed by atoms with E-state index in [-0.39, 0.29) is 35.5 Å². The molecular formula is C25H30N4O2S. The number of unbranched alkanes of at least 4 members (excludes halogenated alkanes) is 1. The Hall–Kier alpha value is -2.25. The van der Waals surface area contributed by atoms with Gasteiger partial charge in [0.15, 0.2) is 0 Å². The Morgan fingerprint density at radius 1 is 0.875 bits per heavy atom. The third-order valence-electron chi connectivity index (χ3n) is 7.99. The summed E-state index contributed by atoms with van der Waals surface area (Å²) in [7, 11) is 0. The number of allylic oxidation sites excluding steroid dienone is 2. The van der Waals surface area contributed by atoms with Crippen molar-refractivity contribution in [2.24, 2.45) is 23.7 Å². The quantitative estimate of drug-likeness (QED) is 0.384. The fourth-order valence-corrected chi connectivity index (χ4v) is 7.04. The number of hydrogen-bond acceptors (Lipinski definition) is 6. The minimum absolute atomic E-state index is 0.0684. The molecule has 1 aromatic heterocycles. The Morgan fingerprint density at radius 2 is 1.53 bits per heavy atom. The summed E-state index contributed by atoms with van der Waals surface area (Å²) in [4.78, 5) is 32.4. The molecular weight excluding hydrogens is 420 g/mol.